The van der Waals surface area contributed by atoms with Crippen molar-refractivity contribution in [3.63, 3.8) is 0 Å². The van der Waals surface area contributed by atoms with Crippen LogP contribution in [0.5, 0.6) is 0 Å². The van der Waals surface area contributed by atoms with Crippen LogP contribution < -0.4 is 19.6 Å². The fourth-order valence-corrected chi connectivity index (χ4v) is 20.0. The van der Waals surface area contributed by atoms with Crippen molar-refractivity contribution in [2.45, 2.75) is 190 Å². The van der Waals surface area contributed by atoms with Gasteiger partial charge >= 0.3 is 0 Å². The third-order valence-electron chi connectivity index (χ3n) is 25.8. The molecule has 18 rings (SSSR count). The van der Waals surface area contributed by atoms with Crippen LogP contribution in [0.4, 0.5) is 45.5 Å². The normalized spacial score (nSPS) is 15.4. The molecule has 110 heavy (non-hydrogen) atoms. The molecule has 0 unspecified atom stereocenters. The molecule has 0 spiro atoms. The Labute approximate surface area is 657 Å². The van der Waals surface area contributed by atoms with E-state index < -0.39 is 0 Å². The first-order chi connectivity index (χ1) is 52.2. The van der Waals surface area contributed by atoms with E-state index in [1.807, 2.05) is 0 Å². The van der Waals surface area contributed by atoms with Gasteiger partial charge in [-0.25, -0.2) is 0 Å². The number of rotatable bonds is 5. The highest BCUT2D eigenvalue weighted by atomic mass is 15.1. The van der Waals surface area contributed by atoms with E-state index in [0.29, 0.717) is 17.3 Å². The number of anilines is 8. The quantitative estimate of drug-likeness (QED) is 0.170. The topological polar surface area (TPSA) is 13.0 Å². The molecule has 0 N–H and O–H groups in total. The van der Waals surface area contributed by atoms with E-state index in [2.05, 4.69) is 416 Å². The molecule has 0 bridgehead atoms. The predicted octanol–water partition coefficient (Wildman–Crippen LogP) is 29.5. The third kappa shape index (κ3) is 12.5. The van der Waals surface area contributed by atoms with E-state index in [4.69, 9.17) is 0 Å². The summed E-state index contributed by atoms with van der Waals surface area (Å²) in [7, 11) is 8.90. The van der Waals surface area contributed by atoms with Crippen molar-refractivity contribution in [2.24, 2.45) is 5.41 Å². The largest absolute Gasteiger partial charge is 0.344 e. The van der Waals surface area contributed by atoms with Crippen molar-refractivity contribution in [1.82, 2.24) is 0 Å². The lowest BCUT2D eigenvalue weighted by Crippen LogP contribution is -2.33. The van der Waals surface area contributed by atoms with Crippen LogP contribution in [0.2, 0.25) is 0 Å². The molecule has 0 aromatic heterocycles. The van der Waals surface area contributed by atoms with Crippen LogP contribution in [0.1, 0.15) is 222 Å². The summed E-state index contributed by atoms with van der Waals surface area (Å²) < 4.78 is 0. The highest BCUT2D eigenvalue weighted by Gasteiger charge is 2.43. The van der Waals surface area contributed by atoms with Crippen molar-refractivity contribution in [1.29, 1.82) is 0 Å². The Bertz CT molecular complexity index is 5950. The van der Waals surface area contributed by atoms with E-state index in [1.54, 1.807) is 0 Å². The van der Waals surface area contributed by atoms with E-state index in [0.717, 1.165) is 6.42 Å². The van der Waals surface area contributed by atoms with Crippen LogP contribution in [0.15, 0.2) is 237 Å². The minimum absolute atomic E-state index is 0.00606. The molecular weight excluding hydrogens is 1330 g/mol. The minimum Gasteiger partial charge on any atom is -0.344 e. The van der Waals surface area contributed by atoms with Gasteiger partial charge in [-0.3, -0.25) is 0 Å². The number of para-hydroxylation sites is 1. The molecule has 4 aliphatic heterocycles. The standard InChI is InChI=1S/2C29H31N.C25H29N.C23H25N/c1-18-22-11-9-8-10-19(22)17-25-26(18)29(5,6)24-15-12-20-16-21(28(2,3)4)13-14-23(20)27(24)30(25)7;1-6-19(7-2)24-18-21-13-9-11-15-23(21)28-27(24)29(3,4)26-22-14-10-8-12-20(22)16-17-25(26)30(28)5;1-24(2,3)16-17-11-13-21-20(15-17)25(4,5)23-19-10-8-7-9-18(19)12-14-22(23)26(21)6;1-15(2)18-11-8-12-19-22(18)24(5)21-14-17-10-7-6-9-16(17)13-20(21)23(19,3)4/h8-17H,1-7H3;8-19H,6-7H2,1-5H3;7-15H,16H2,1-6H3;6-15H,1-5H3. The van der Waals surface area contributed by atoms with Gasteiger partial charge in [-0.15, -0.1) is 0 Å². The summed E-state index contributed by atoms with van der Waals surface area (Å²) in [5.74, 6) is 1.09. The molecule has 14 aromatic carbocycles. The molecule has 4 nitrogen and oxygen atoms in total. The van der Waals surface area contributed by atoms with Crippen molar-refractivity contribution < 1.29 is 0 Å². The Morgan fingerprint density at radius 1 is 0.318 bits per heavy atom. The molecule has 0 radical (unpaired) electrons. The first kappa shape index (κ1) is 75.3. The fraction of sp³-hybridized carbons (Fsp3) is 0.321. The van der Waals surface area contributed by atoms with E-state index in [-0.39, 0.29) is 27.1 Å². The molecular formula is C106H116N4. The maximum Gasteiger partial charge on any atom is 0.0532 e. The molecule has 560 valence electrons. The van der Waals surface area contributed by atoms with Gasteiger partial charge < -0.3 is 19.6 Å². The summed E-state index contributed by atoms with van der Waals surface area (Å²) in [5.41, 5.74) is 29.8. The second-order valence-corrected chi connectivity index (χ2v) is 37.0. The Morgan fingerprint density at radius 2 is 0.782 bits per heavy atom. The maximum atomic E-state index is 2.48. The zero-order valence-electron chi connectivity index (χ0n) is 70.1. The Kier molecular flexibility index (Phi) is 18.9. The van der Waals surface area contributed by atoms with Gasteiger partial charge in [0.2, 0.25) is 0 Å². The van der Waals surface area contributed by atoms with Crippen molar-refractivity contribution >= 4 is 110 Å². The van der Waals surface area contributed by atoms with Crippen LogP contribution in [-0.4, -0.2) is 28.2 Å². The van der Waals surface area contributed by atoms with Crippen molar-refractivity contribution in [2.75, 3.05) is 47.8 Å². The number of hydrogen-bond donors (Lipinski definition) is 0. The van der Waals surface area contributed by atoms with E-state index in [9.17, 15) is 0 Å². The lowest BCUT2D eigenvalue weighted by Gasteiger charge is -2.44. The average molecular weight is 1450 g/mol. The number of nitrogens with zero attached hydrogens (tertiary/aromatic N) is 4. The molecule has 4 heterocycles. The van der Waals surface area contributed by atoms with Crippen LogP contribution in [-0.2, 0) is 33.5 Å². The van der Waals surface area contributed by atoms with Crippen molar-refractivity contribution in [3.8, 4) is 0 Å². The van der Waals surface area contributed by atoms with Crippen molar-refractivity contribution in [3.05, 3.63) is 309 Å². The lowest BCUT2D eigenvalue weighted by molar-refractivity contribution is 0.411. The minimum atomic E-state index is -0.0694. The third-order valence-corrected chi connectivity index (χ3v) is 25.8. The molecule has 0 amide bonds. The van der Waals surface area contributed by atoms with Crippen LogP contribution >= 0.6 is 0 Å². The maximum absolute atomic E-state index is 2.48. The smallest absolute Gasteiger partial charge is 0.0532 e. The first-order valence-electron chi connectivity index (χ1n) is 40.6. The molecule has 0 fully saturated rings. The summed E-state index contributed by atoms with van der Waals surface area (Å²) in [6.07, 6.45) is 3.44. The van der Waals surface area contributed by atoms with Gasteiger partial charge in [0.25, 0.3) is 0 Å². The molecule has 0 saturated carbocycles. The first-order valence-corrected chi connectivity index (χ1v) is 40.6. The fourth-order valence-electron chi connectivity index (χ4n) is 20.0. The zero-order chi connectivity index (χ0) is 78.2. The Morgan fingerprint density at radius 3 is 1.38 bits per heavy atom. The summed E-state index contributed by atoms with van der Waals surface area (Å²) in [6.45, 7) is 44.4. The summed E-state index contributed by atoms with van der Waals surface area (Å²) in [4.78, 5) is 9.64. The second kappa shape index (κ2) is 27.7. The van der Waals surface area contributed by atoms with Crippen LogP contribution in [0.25, 0.3) is 64.6 Å². The molecule has 4 heteroatoms. The zero-order valence-corrected chi connectivity index (χ0v) is 70.1. The summed E-state index contributed by atoms with van der Waals surface area (Å²) in [5, 5.41) is 16.1. The highest BCUT2D eigenvalue weighted by Crippen LogP contribution is 2.59. The van der Waals surface area contributed by atoms with Gasteiger partial charge in [0, 0.05) is 94.7 Å². The van der Waals surface area contributed by atoms with E-state index >= 15 is 0 Å². The second-order valence-electron chi connectivity index (χ2n) is 37.0. The van der Waals surface area contributed by atoms with E-state index in [1.165, 1.54) is 195 Å². The SMILES string of the molecule is CC(C)c1cccc2c1N(C)c1cc3ccccc3cc1C2(C)C.CCC(CC)c1cc2ccccc2c2c1C(C)(C)c1c(ccc3ccccc13)N2C.CN1c2ccc(CC(C)(C)C)cc2C(C)(C)c2c1ccc1ccccc21.Cc1c2c(cc3ccccc13)N(C)c1c(ccc3cc(C(C)(C)C)ccc13)C2(C)C. The number of fused-ring (bicyclic) bond motifs is 18. The Hall–Kier alpha value is -10.2. The number of hydrogen-bond acceptors (Lipinski definition) is 4. The van der Waals surface area contributed by atoms with Gasteiger partial charge in [-0.2, -0.15) is 0 Å². The average Bonchev–Trinajstić information content (AvgIpc) is 0.715. The highest BCUT2D eigenvalue weighted by molar-refractivity contribution is 6.06. The molecule has 0 aliphatic carbocycles. The predicted molar refractivity (Wildman–Crippen MR) is 481 cm³/mol. The number of aryl methyl sites for hydroxylation is 1. The van der Waals surface area contributed by atoms with Gasteiger partial charge in [0.15, 0.2) is 0 Å². The molecule has 0 atom stereocenters. The monoisotopic (exact) mass is 1440 g/mol. The lowest BCUT2D eigenvalue weighted by atomic mass is 9.67. The van der Waals surface area contributed by atoms with Gasteiger partial charge in [-0.1, -0.05) is 325 Å². The molecule has 0 saturated heterocycles. The summed E-state index contributed by atoms with van der Waals surface area (Å²) in [6, 6.07) is 88.3. The van der Waals surface area contributed by atoms with Crippen LogP contribution in [0.3, 0.4) is 0 Å². The molecule has 14 aromatic rings. The van der Waals surface area contributed by atoms with Gasteiger partial charge in [-0.05, 0) is 211 Å². The molecule has 4 aliphatic rings. The van der Waals surface area contributed by atoms with Gasteiger partial charge in [0.1, 0.15) is 0 Å². The van der Waals surface area contributed by atoms with Crippen LogP contribution in [0, 0.1) is 12.3 Å². The Balaban J connectivity index is 0.000000117. The summed E-state index contributed by atoms with van der Waals surface area (Å²) >= 11 is 0. The number of benzene rings is 14. The van der Waals surface area contributed by atoms with Gasteiger partial charge in [0.05, 0.1) is 11.4 Å².